The summed E-state index contributed by atoms with van der Waals surface area (Å²) in [6, 6.07) is 16.7. The van der Waals surface area contributed by atoms with Crippen LogP contribution in [0.2, 0.25) is 0 Å². The summed E-state index contributed by atoms with van der Waals surface area (Å²) in [4.78, 5) is 11.2. The Morgan fingerprint density at radius 2 is 1.81 bits per heavy atom. The van der Waals surface area contributed by atoms with Gasteiger partial charge < -0.3 is 20.0 Å². The van der Waals surface area contributed by atoms with E-state index in [1.165, 1.54) is 0 Å². The van der Waals surface area contributed by atoms with Gasteiger partial charge in [0, 0.05) is 5.92 Å². The van der Waals surface area contributed by atoms with Crippen molar-refractivity contribution in [3.8, 4) is 11.5 Å². The lowest BCUT2D eigenvalue weighted by atomic mass is 10.0. The molecule has 2 atom stereocenters. The number of hydrogen-bond donors (Lipinski definition) is 2. The molecule has 2 aromatic carbocycles. The minimum atomic E-state index is -1.04. The van der Waals surface area contributed by atoms with Gasteiger partial charge in [-0.1, -0.05) is 32.0 Å². The number of para-hydroxylation sites is 1. The van der Waals surface area contributed by atoms with E-state index >= 15 is 0 Å². The molecule has 0 amide bonds. The molecule has 0 unspecified atom stereocenters. The summed E-state index contributed by atoms with van der Waals surface area (Å²) in [7, 11) is 0. The summed E-state index contributed by atoms with van der Waals surface area (Å²) in [6.07, 6.45) is 0.547. The second-order valence-corrected chi connectivity index (χ2v) is 6.72. The number of ether oxygens (including phenoxy) is 1. The van der Waals surface area contributed by atoms with Gasteiger partial charge in [-0.15, -0.1) is 0 Å². The molecule has 6 nitrogen and oxygen atoms in total. The standard InChI is InChI=1S/C20H23N3O3/c1-13(2)19(20(24)25)21-18-12-17(22-23-18)14-8-10-16(11-9-14)26-15-6-4-3-5-7-15/h3-11,13,18-19,21,23H,12H2,1-2H3,(H,24,25)/t18-,19+/m0/s1. The number of aliphatic carboxylic acids is 1. The molecule has 0 aromatic heterocycles. The van der Waals surface area contributed by atoms with Crippen LogP contribution >= 0.6 is 0 Å². The van der Waals surface area contributed by atoms with Gasteiger partial charge in [-0.05, 0) is 42.0 Å². The van der Waals surface area contributed by atoms with Crippen LogP contribution in [0.25, 0.3) is 0 Å². The number of hydrazone groups is 1. The molecule has 2 aromatic rings. The highest BCUT2D eigenvalue weighted by atomic mass is 16.5. The molecule has 0 aliphatic carbocycles. The molecule has 0 bridgehead atoms. The molecule has 0 saturated heterocycles. The maximum Gasteiger partial charge on any atom is 0.180 e. The summed E-state index contributed by atoms with van der Waals surface area (Å²) in [5, 5.41) is 17.4. The number of rotatable bonds is 7. The summed E-state index contributed by atoms with van der Waals surface area (Å²) in [6.45, 7) is 3.75. The van der Waals surface area contributed by atoms with Gasteiger partial charge in [-0.3, -0.25) is 5.43 Å². The van der Waals surface area contributed by atoms with Crippen LogP contribution in [0.1, 0.15) is 25.8 Å². The molecule has 26 heavy (non-hydrogen) atoms. The number of carboxylic acid groups (broad SMARTS) is 1. The van der Waals surface area contributed by atoms with Crippen molar-refractivity contribution in [2.75, 3.05) is 0 Å². The van der Waals surface area contributed by atoms with Crippen LogP contribution in [0.3, 0.4) is 0 Å². The molecule has 0 spiro atoms. The first-order chi connectivity index (χ1) is 12.5. The van der Waals surface area contributed by atoms with E-state index in [9.17, 15) is 9.90 Å². The molecule has 0 radical (unpaired) electrons. The Balaban J connectivity index is 1.59. The van der Waals surface area contributed by atoms with Gasteiger partial charge >= 0.3 is 0 Å². The van der Waals surface area contributed by atoms with Crippen LogP contribution in [0.5, 0.6) is 11.5 Å². The number of benzene rings is 2. The fourth-order valence-corrected chi connectivity index (χ4v) is 2.92. The van der Waals surface area contributed by atoms with Gasteiger partial charge in [0.1, 0.15) is 17.5 Å². The first kappa shape index (κ1) is 17.9. The normalized spacial score (nSPS) is 17.5. The Labute approximate surface area is 152 Å². The van der Waals surface area contributed by atoms with Crippen molar-refractivity contribution in [2.45, 2.75) is 32.5 Å². The van der Waals surface area contributed by atoms with Crippen molar-refractivity contribution in [1.82, 2.24) is 5.43 Å². The van der Waals surface area contributed by atoms with E-state index in [1.54, 1.807) is 5.32 Å². The van der Waals surface area contributed by atoms with Crippen LogP contribution in [-0.4, -0.2) is 23.9 Å². The zero-order valence-electron chi connectivity index (χ0n) is 14.9. The fourth-order valence-electron chi connectivity index (χ4n) is 2.92. The van der Waals surface area contributed by atoms with Gasteiger partial charge in [0.05, 0.1) is 18.1 Å². The third kappa shape index (κ3) is 4.40. The van der Waals surface area contributed by atoms with Gasteiger partial charge in [0.25, 0.3) is 0 Å². The summed E-state index contributed by atoms with van der Waals surface area (Å²) >= 11 is 0. The Morgan fingerprint density at radius 1 is 1.15 bits per heavy atom. The monoisotopic (exact) mass is 353 g/mol. The lowest BCUT2D eigenvalue weighted by Crippen LogP contribution is -3.00. The van der Waals surface area contributed by atoms with Gasteiger partial charge in [0.15, 0.2) is 6.17 Å². The lowest BCUT2D eigenvalue weighted by molar-refractivity contribution is -0.723. The quantitative estimate of drug-likeness (QED) is 0.772. The van der Waals surface area contributed by atoms with E-state index in [1.807, 2.05) is 68.4 Å². The van der Waals surface area contributed by atoms with Crippen LogP contribution in [0.15, 0.2) is 59.7 Å². The predicted octanol–water partition coefficient (Wildman–Crippen LogP) is 0.840. The first-order valence-electron chi connectivity index (χ1n) is 8.74. The topological polar surface area (TPSA) is 90.4 Å². The second kappa shape index (κ2) is 8.01. The average Bonchev–Trinajstić information content (AvgIpc) is 3.09. The number of carbonyl (C=O) groups is 1. The largest absolute Gasteiger partial charge is 0.544 e. The summed E-state index contributed by atoms with van der Waals surface area (Å²) < 4.78 is 5.79. The SMILES string of the molecule is CC(C)[C@@H]([NH2+][C@@H]1CC(c2ccc(Oc3ccccc3)cc2)=NN1)C(=O)[O-]. The van der Waals surface area contributed by atoms with Crippen molar-refractivity contribution < 1.29 is 20.0 Å². The third-order valence-corrected chi connectivity index (χ3v) is 4.38. The molecule has 0 fully saturated rings. The number of nitrogens with one attached hydrogen (secondary N) is 1. The molecular formula is C20H23N3O3. The molecule has 1 aliphatic rings. The average molecular weight is 353 g/mol. The maximum atomic E-state index is 11.2. The zero-order chi connectivity index (χ0) is 18.5. The Hall–Kier alpha value is -2.86. The van der Waals surface area contributed by atoms with E-state index in [0.717, 1.165) is 22.8 Å². The minimum Gasteiger partial charge on any atom is -0.544 e. The first-order valence-corrected chi connectivity index (χ1v) is 8.74. The fraction of sp³-hybridized carbons (Fsp3) is 0.300. The van der Waals surface area contributed by atoms with E-state index in [2.05, 4.69) is 10.5 Å². The van der Waals surface area contributed by atoms with Gasteiger partial charge in [-0.2, -0.15) is 5.10 Å². The molecule has 1 heterocycles. The number of carboxylic acids is 1. The summed E-state index contributed by atoms with van der Waals surface area (Å²) in [5.74, 6) is 0.487. The zero-order valence-corrected chi connectivity index (χ0v) is 14.9. The lowest BCUT2D eigenvalue weighted by Gasteiger charge is -2.23. The smallest absolute Gasteiger partial charge is 0.180 e. The molecular weight excluding hydrogens is 330 g/mol. The molecule has 0 saturated carbocycles. The highest BCUT2D eigenvalue weighted by molar-refractivity contribution is 6.01. The van der Waals surface area contributed by atoms with Crippen LogP contribution < -0.4 is 20.6 Å². The number of nitrogens with zero attached hydrogens (tertiary/aromatic N) is 1. The molecule has 6 heteroatoms. The number of nitrogens with two attached hydrogens (primary N) is 1. The van der Waals surface area contributed by atoms with E-state index in [4.69, 9.17) is 4.74 Å². The molecule has 3 rings (SSSR count). The van der Waals surface area contributed by atoms with Crippen LogP contribution in [0.4, 0.5) is 0 Å². The van der Waals surface area contributed by atoms with Crippen LogP contribution in [0, 0.1) is 5.92 Å². The van der Waals surface area contributed by atoms with Crippen molar-refractivity contribution in [2.24, 2.45) is 11.0 Å². The third-order valence-electron chi connectivity index (χ3n) is 4.38. The Kier molecular flexibility index (Phi) is 5.53. The summed E-state index contributed by atoms with van der Waals surface area (Å²) in [5.41, 5.74) is 4.90. The van der Waals surface area contributed by atoms with Crippen molar-refractivity contribution in [3.05, 3.63) is 60.2 Å². The maximum absolute atomic E-state index is 11.2. The van der Waals surface area contributed by atoms with Crippen molar-refractivity contribution in [3.63, 3.8) is 0 Å². The van der Waals surface area contributed by atoms with E-state index < -0.39 is 12.0 Å². The van der Waals surface area contributed by atoms with E-state index in [-0.39, 0.29) is 12.1 Å². The van der Waals surface area contributed by atoms with Crippen molar-refractivity contribution >= 4 is 11.7 Å². The van der Waals surface area contributed by atoms with Gasteiger partial charge in [-0.25, -0.2) is 0 Å². The van der Waals surface area contributed by atoms with Crippen molar-refractivity contribution in [1.29, 1.82) is 0 Å². The second-order valence-electron chi connectivity index (χ2n) is 6.72. The van der Waals surface area contributed by atoms with Crippen LogP contribution in [-0.2, 0) is 4.79 Å². The number of quaternary nitrogens is 1. The number of carbonyl (C=O) groups excluding carboxylic acids is 1. The molecule has 3 N–H and O–H groups in total. The predicted molar refractivity (Wildman–Crippen MR) is 96.6 cm³/mol. The highest BCUT2D eigenvalue weighted by Gasteiger charge is 2.28. The van der Waals surface area contributed by atoms with E-state index in [0.29, 0.717) is 6.42 Å². The molecule has 1 aliphatic heterocycles. The van der Waals surface area contributed by atoms with Gasteiger partial charge in [0.2, 0.25) is 0 Å². The molecule has 136 valence electrons. The number of hydrogen-bond acceptors (Lipinski definition) is 5. The Morgan fingerprint density at radius 3 is 2.42 bits per heavy atom. The highest BCUT2D eigenvalue weighted by Crippen LogP contribution is 2.22. The minimum absolute atomic E-state index is 0.0136. The Bertz CT molecular complexity index is 773.